The second-order valence-corrected chi connectivity index (χ2v) is 6.36. The highest BCUT2D eigenvalue weighted by Gasteiger charge is 2.18. The molecule has 0 aliphatic heterocycles. The van der Waals surface area contributed by atoms with E-state index in [2.05, 4.69) is 5.32 Å². The molecule has 0 fully saturated rings. The van der Waals surface area contributed by atoms with Crippen molar-refractivity contribution in [1.82, 2.24) is 4.90 Å². The van der Waals surface area contributed by atoms with Gasteiger partial charge in [-0.15, -0.1) is 0 Å². The Morgan fingerprint density at radius 1 is 1.07 bits per heavy atom. The second kappa shape index (κ2) is 10.2. The monoisotopic (exact) mass is 396 g/mol. The number of carbonyl (C=O) groups is 1. The summed E-state index contributed by atoms with van der Waals surface area (Å²) in [7, 11) is 1.61. The molecule has 0 saturated heterocycles. The highest BCUT2D eigenvalue weighted by molar-refractivity contribution is 5.89. The van der Waals surface area contributed by atoms with Crippen LogP contribution in [0.15, 0.2) is 71.3 Å². The number of amides is 2. The Hall–Kier alpha value is -3.45. The summed E-state index contributed by atoms with van der Waals surface area (Å²) in [4.78, 5) is 14.5. The van der Waals surface area contributed by atoms with Gasteiger partial charge in [-0.1, -0.05) is 24.3 Å². The van der Waals surface area contributed by atoms with E-state index in [-0.39, 0.29) is 24.9 Å². The van der Waals surface area contributed by atoms with Crippen LogP contribution in [-0.2, 0) is 17.8 Å². The van der Waals surface area contributed by atoms with E-state index in [1.54, 1.807) is 66.8 Å². The third-order valence-corrected chi connectivity index (χ3v) is 4.21. The number of nitrogens with one attached hydrogen (secondary N) is 1. The number of aromatic hydroxyl groups is 1. The molecule has 0 unspecified atom stereocenters. The van der Waals surface area contributed by atoms with Crippen molar-refractivity contribution < 1.29 is 23.8 Å². The number of rotatable bonds is 9. The molecule has 2 N–H and O–H groups in total. The lowest BCUT2D eigenvalue weighted by Gasteiger charge is -2.23. The molecule has 2 aromatic carbocycles. The summed E-state index contributed by atoms with van der Waals surface area (Å²) in [5.41, 5.74) is 1.25. The predicted octanol–water partition coefficient (Wildman–Crippen LogP) is 4.24. The van der Waals surface area contributed by atoms with Crippen LogP contribution in [0, 0.1) is 0 Å². The van der Waals surface area contributed by atoms with Gasteiger partial charge in [0, 0.05) is 24.4 Å². The molecular formula is C22H24N2O5. The zero-order valence-corrected chi connectivity index (χ0v) is 16.2. The van der Waals surface area contributed by atoms with E-state index in [4.69, 9.17) is 13.9 Å². The van der Waals surface area contributed by atoms with Crippen molar-refractivity contribution in [3.63, 3.8) is 0 Å². The molecule has 2 amide bonds. The molecule has 0 radical (unpaired) electrons. The van der Waals surface area contributed by atoms with E-state index in [0.717, 1.165) is 0 Å². The third kappa shape index (κ3) is 6.02. The first-order valence-electron chi connectivity index (χ1n) is 9.22. The Morgan fingerprint density at radius 2 is 1.93 bits per heavy atom. The minimum atomic E-state index is -0.321. The summed E-state index contributed by atoms with van der Waals surface area (Å²) in [6.07, 6.45) is 1.56. The molecule has 0 spiro atoms. The molecule has 0 bridgehead atoms. The molecular weight excluding hydrogens is 372 g/mol. The van der Waals surface area contributed by atoms with Gasteiger partial charge in [0.15, 0.2) is 0 Å². The van der Waals surface area contributed by atoms with Gasteiger partial charge < -0.3 is 29.2 Å². The SMILES string of the molecule is COCCOc1cccc(NC(=O)N(Cc2ccco2)Cc2ccccc2O)c1. The standard InChI is InChI=1S/C22H24N2O5/c1-27-12-13-29-19-8-4-7-18(14-19)23-22(26)24(16-20-9-5-11-28-20)15-17-6-2-3-10-21(17)25/h2-11,14,25H,12-13,15-16H2,1H3,(H,23,26). The van der Waals surface area contributed by atoms with Crippen molar-refractivity contribution in [3.8, 4) is 11.5 Å². The molecule has 0 atom stereocenters. The Balaban J connectivity index is 1.72. The Labute approximate surface area is 169 Å². The summed E-state index contributed by atoms with van der Waals surface area (Å²) in [5.74, 6) is 1.42. The zero-order valence-electron chi connectivity index (χ0n) is 16.2. The van der Waals surface area contributed by atoms with Crippen molar-refractivity contribution in [2.75, 3.05) is 25.6 Å². The fourth-order valence-corrected chi connectivity index (χ4v) is 2.75. The van der Waals surface area contributed by atoms with Crippen molar-refractivity contribution in [2.45, 2.75) is 13.1 Å². The lowest BCUT2D eigenvalue weighted by atomic mass is 10.2. The molecule has 152 valence electrons. The van der Waals surface area contributed by atoms with Crippen LogP contribution in [0.3, 0.4) is 0 Å². The number of ether oxygens (including phenoxy) is 2. The van der Waals surface area contributed by atoms with Gasteiger partial charge in [0.1, 0.15) is 23.9 Å². The quantitative estimate of drug-likeness (QED) is 0.529. The normalized spacial score (nSPS) is 10.5. The maximum atomic E-state index is 13.0. The largest absolute Gasteiger partial charge is 0.508 e. The summed E-state index contributed by atoms with van der Waals surface area (Å²) >= 11 is 0. The maximum absolute atomic E-state index is 13.0. The van der Waals surface area contributed by atoms with Gasteiger partial charge in [-0.2, -0.15) is 0 Å². The molecule has 1 heterocycles. The van der Waals surface area contributed by atoms with Gasteiger partial charge in [0.25, 0.3) is 0 Å². The molecule has 7 nitrogen and oxygen atoms in total. The fourth-order valence-electron chi connectivity index (χ4n) is 2.75. The number of hydrogen-bond donors (Lipinski definition) is 2. The Kier molecular flexibility index (Phi) is 7.13. The van der Waals surface area contributed by atoms with Crippen LogP contribution < -0.4 is 10.1 Å². The number of benzene rings is 2. The molecule has 0 aliphatic carbocycles. The van der Waals surface area contributed by atoms with Gasteiger partial charge in [0.05, 0.1) is 26.0 Å². The van der Waals surface area contributed by atoms with Crippen LogP contribution in [0.5, 0.6) is 11.5 Å². The molecule has 0 aliphatic rings. The number of para-hydroxylation sites is 1. The minimum absolute atomic E-state index is 0.137. The van der Waals surface area contributed by atoms with Crippen LogP contribution >= 0.6 is 0 Å². The van der Waals surface area contributed by atoms with Crippen LogP contribution in [-0.4, -0.2) is 36.4 Å². The average Bonchev–Trinajstić information content (AvgIpc) is 3.23. The van der Waals surface area contributed by atoms with Crippen LogP contribution in [0.25, 0.3) is 0 Å². The lowest BCUT2D eigenvalue weighted by Crippen LogP contribution is -2.34. The zero-order chi connectivity index (χ0) is 20.5. The number of nitrogens with zero attached hydrogens (tertiary/aromatic N) is 1. The van der Waals surface area contributed by atoms with Crippen LogP contribution in [0.1, 0.15) is 11.3 Å². The fraction of sp³-hybridized carbons (Fsp3) is 0.227. The van der Waals surface area contributed by atoms with Gasteiger partial charge in [-0.05, 0) is 30.3 Å². The van der Waals surface area contributed by atoms with Crippen LogP contribution in [0.2, 0.25) is 0 Å². The lowest BCUT2D eigenvalue weighted by molar-refractivity contribution is 0.146. The Bertz CT molecular complexity index is 911. The number of hydrogen-bond acceptors (Lipinski definition) is 5. The number of phenolic OH excluding ortho intramolecular Hbond substituents is 1. The van der Waals surface area contributed by atoms with Crippen molar-refractivity contribution >= 4 is 11.7 Å². The molecule has 29 heavy (non-hydrogen) atoms. The highest BCUT2D eigenvalue weighted by atomic mass is 16.5. The minimum Gasteiger partial charge on any atom is -0.508 e. The molecule has 0 saturated carbocycles. The van der Waals surface area contributed by atoms with E-state index in [9.17, 15) is 9.90 Å². The number of furan rings is 1. The van der Waals surface area contributed by atoms with Gasteiger partial charge >= 0.3 is 6.03 Å². The van der Waals surface area contributed by atoms with Crippen molar-refractivity contribution in [3.05, 3.63) is 78.3 Å². The average molecular weight is 396 g/mol. The summed E-state index contributed by atoms with van der Waals surface area (Å²) in [5, 5.41) is 13.0. The van der Waals surface area contributed by atoms with E-state index < -0.39 is 0 Å². The Morgan fingerprint density at radius 3 is 2.69 bits per heavy atom. The number of carbonyl (C=O) groups excluding carboxylic acids is 1. The summed E-state index contributed by atoms with van der Waals surface area (Å²) in [6.45, 7) is 1.39. The molecule has 3 aromatic rings. The number of phenols is 1. The number of anilines is 1. The second-order valence-electron chi connectivity index (χ2n) is 6.36. The molecule has 1 aromatic heterocycles. The summed E-state index contributed by atoms with van der Waals surface area (Å²) in [6, 6.07) is 17.3. The van der Waals surface area contributed by atoms with E-state index in [1.807, 2.05) is 12.1 Å². The smallest absolute Gasteiger partial charge is 0.322 e. The molecule has 7 heteroatoms. The van der Waals surface area contributed by atoms with Gasteiger partial charge in [0.2, 0.25) is 0 Å². The van der Waals surface area contributed by atoms with Crippen LogP contribution in [0.4, 0.5) is 10.5 Å². The highest BCUT2D eigenvalue weighted by Crippen LogP contribution is 2.22. The van der Waals surface area contributed by atoms with E-state index in [1.165, 1.54) is 0 Å². The summed E-state index contributed by atoms with van der Waals surface area (Å²) < 4.78 is 16.0. The molecule has 3 rings (SSSR count). The first-order chi connectivity index (χ1) is 14.2. The van der Waals surface area contributed by atoms with Gasteiger partial charge in [-0.3, -0.25) is 0 Å². The topological polar surface area (TPSA) is 84.2 Å². The van der Waals surface area contributed by atoms with Crippen molar-refractivity contribution in [2.24, 2.45) is 0 Å². The maximum Gasteiger partial charge on any atom is 0.322 e. The first-order valence-corrected chi connectivity index (χ1v) is 9.22. The van der Waals surface area contributed by atoms with E-state index in [0.29, 0.717) is 36.0 Å². The first kappa shape index (κ1) is 20.3. The van der Waals surface area contributed by atoms with Gasteiger partial charge in [-0.25, -0.2) is 4.79 Å². The predicted molar refractivity (Wildman–Crippen MR) is 109 cm³/mol. The van der Waals surface area contributed by atoms with Crippen molar-refractivity contribution in [1.29, 1.82) is 0 Å². The number of urea groups is 1. The number of methoxy groups -OCH3 is 1. The van der Waals surface area contributed by atoms with E-state index >= 15 is 0 Å². The third-order valence-electron chi connectivity index (χ3n) is 4.21.